The van der Waals surface area contributed by atoms with Crippen molar-refractivity contribution >= 4 is 5.84 Å². The molecule has 3 heteroatoms. The molecule has 0 bridgehead atoms. The summed E-state index contributed by atoms with van der Waals surface area (Å²) in [7, 11) is 0. The van der Waals surface area contributed by atoms with Crippen molar-refractivity contribution in [3.05, 3.63) is 0 Å². The molecule has 1 rings (SSSR count). The van der Waals surface area contributed by atoms with Crippen molar-refractivity contribution < 1.29 is 0 Å². The zero-order valence-electron chi connectivity index (χ0n) is 12.0. The molecule has 0 aliphatic carbocycles. The van der Waals surface area contributed by atoms with E-state index in [-0.39, 0.29) is 5.41 Å². The van der Waals surface area contributed by atoms with E-state index in [0.29, 0.717) is 0 Å². The average Bonchev–Trinajstić information content (AvgIpc) is 2.25. The van der Waals surface area contributed by atoms with Crippen LogP contribution in [0.5, 0.6) is 0 Å². The molecule has 1 fully saturated rings. The summed E-state index contributed by atoms with van der Waals surface area (Å²) in [5, 5.41) is 0. The number of aliphatic imine (C=N–C) groups is 1. The molecule has 0 aromatic rings. The van der Waals surface area contributed by atoms with Crippen LogP contribution in [0.2, 0.25) is 0 Å². The minimum Gasteiger partial charge on any atom is -0.387 e. The molecule has 0 amide bonds. The first kappa shape index (κ1) is 14.5. The van der Waals surface area contributed by atoms with E-state index in [2.05, 4.69) is 37.6 Å². The summed E-state index contributed by atoms with van der Waals surface area (Å²) in [5.41, 5.74) is 5.95. The fraction of sp³-hybridized carbons (Fsp3) is 0.929. The number of nitrogens with zero attached hydrogens (tertiary/aromatic N) is 2. The topological polar surface area (TPSA) is 41.6 Å². The van der Waals surface area contributed by atoms with Gasteiger partial charge in [0.05, 0.1) is 5.84 Å². The lowest BCUT2D eigenvalue weighted by molar-refractivity contribution is 0.160. The summed E-state index contributed by atoms with van der Waals surface area (Å²) in [6, 6.07) is 0.757. The van der Waals surface area contributed by atoms with Gasteiger partial charge in [-0.3, -0.25) is 4.99 Å². The minimum absolute atomic E-state index is 0.0123. The molecule has 1 unspecified atom stereocenters. The Morgan fingerprint density at radius 2 is 2.06 bits per heavy atom. The van der Waals surface area contributed by atoms with Gasteiger partial charge in [0.1, 0.15) is 0 Å². The molecule has 1 aliphatic rings. The molecule has 0 saturated carbocycles. The molecule has 17 heavy (non-hydrogen) atoms. The lowest BCUT2D eigenvalue weighted by Gasteiger charge is -2.33. The Kier molecular flexibility index (Phi) is 5.44. The number of hydrogen-bond acceptors (Lipinski definition) is 2. The van der Waals surface area contributed by atoms with Crippen LogP contribution in [-0.2, 0) is 0 Å². The molecular formula is C14H29N3. The molecule has 100 valence electrons. The lowest BCUT2D eigenvalue weighted by Crippen LogP contribution is -2.38. The quantitative estimate of drug-likeness (QED) is 0.465. The van der Waals surface area contributed by atoms with Gasteiger partial charge in [0.25, 0.3) is 0 Å². The smallest absolute Gasteiger partial charge is 0.0991 e. The van der Waals surface area contributed by atoms with Crippen LogP contribution in [0.1, 0.15) is 53.4 Å². The SMILES string of the molecule is CC1CCCCN1CCCN=C(N)C(C)(C)C. The van der Waals surface area contributed by atoms with Gasteiger partial charge in [-0.05, 0) is 32.7 Å². The van der Waals surface area contributed by atoms with Gasteiger partial charge in [-0.15, -0.1) is 0 Å². The summed E-state index contributed by atoms with van der Waals surface area (Å²) in [6.45, 7) is 12.0. The molecule has 1 saturated heterocycles. The van der Waals surface area contributed by atoms with E-state index >= 15 is 0 Å². The minimum atomic E-state index is 0.0123. The highest BCUT2D eigenvalue weighted by Crippen LogP contribution is 2.16. The molecule has 1 atom stereocenters. The second-order valence-electron chi connectivity index (χ2n) is 6.25. The van der Waals surface area contributed by atoms with Crippen molar-refractivity contribution in [3.63, 3.8) is 0 Å². The zero-order valence-corrected chi connectivity index (χ0v) is 12.0. The number of nitrogens with two attached hydrogens (primary N) is 1. The van der Waals surface area contributed by atoms with E-state index in [4.69, 9.17) is 5.73 Å². The van der Waals surface area contributed by atoms with Crippen molar-refractivity contribution in [1.82, 2.24) is 4.90 Å². The van der Waals surface area contributed by atoms with Gasteiger partial charge in [-0.2, -0.15) is 0 Å². The molecular weight excluding hydrogens is 210 g/mol. The summed E-state index contributed by atoms with van der Waals surface area (Å²) in [4.78, 5) is 7.06. The summed E-state index contributed by atoms with van der Waals surface area (Å²) >= 11 is 0. The number of likely N-dealkylation sites (tertiary alicyclic amines) is 1. The number of piperidine rings is 1. The van der Waals surface area contributed by atoms with Gasteiger partial charge in [-0.1, -0.05) is 27.2 Å². The van der Waals surface area contributed by atoms with Crippen molar-refractivity contribution in [2.45, 2.75) is 59.4 Å². The van der Waals surface area contributed by atoms with Crippen LogP contribution in [0, 0.1) is 5.41 Å². The van der Waals surface area contributed by atoms with Crippen LogP contribution >= 0.6 is 0 Å². The summed E-state index contributed by atoms with van der Waals surface area (Å²) in [5.74, 6) is 0.782. The Labute approximate surface area is 106 Å². The number of rotatable bonds is 4. The van der Waals surface area contributed by atoms with E-state index in [0.717, 1.165) is 24.8 Å². The summed E-state index contributed by atoms with van der Waals surface area (Å²) in [6.07, 6.45) is 5.24. The maximum atomic E-state index is 5.93. The third kappa shape index (κ3) is 5.07. The van der Waals surface area contributed by atoms with E-state index < -0.39 is 0 Å². The fourth-order valence-electron chi connectivity index (χ4n) is 2.20. The zero-order chi connectivity index (χ0) is 12.9. The largest absolute Gasteiger partial charge is 0.387 e. The first-order chi connectivity index (χ1) is 7.91. The van der Waals surface area contributed by atoms with Gasteiger partial charge >= 0.3 is 0 Å². The maximum absolute atomic E-state index is 5.93. The monoisotopic (exact) mass is 239 g/mol. The third-order valence-electron chi connectivity index (χ3n) is 3.59. The van der Waals surface area contributed by atoms with E-state index in [1.54, 1.807) is 0 Å². The Hall–Kier alpha value is -0.570. The molecule has 0 aromatic heterocycles. The standard InChI is InChI=1S/C14H29N3/c1-12-8-5-6-10-17(12)11-7-9-16-13(15)14(2,3)4/h12H,5-11H2,1-4H3,(H2,15,16). The van der Waals surface area contributed by atoms with Crippen LogP contribution in [0.15, 0.2) is 4.99 Å². The van der Waals surface area contributed by atoms with Crippen LogP contribution in [-0.4, -0.2) is 36.4 Å². The molecule has 2 N–H and O–H groups in total. The Morgan fingerprint density at radius 3 is 2.65 bits per heavy atom. The molecule has 0 aromatic carbocycles. The average molecular weight is 239 g/mol. The molecule has 0 spiro atoms. The van der Waals surface area contributed by atoms with Gasteiger partial charge in [0.2, 0.25) is 0 Å². The first-order valence-electron chi connectivity index (χ1n) is 6.95. The van der Waals surface area contributed by atoms with Crippen LogP contribution in [0.25, 0.3) is 0 Å². The molecule has 0 radical (unpaired) electrons. The number of hydrogen-bond donors (Lipinski definition) is 1. The van der Waals surface area contributed by atoms with Crippen molar-refractivity contribution in [2.75, 3.05) is 19.6 Å². The Bertz CT molecular complexity index is 253. The highest BCUT2D eigenvalue weighted by molar-refractivity contribution is 5.85. The van der Waals surface area contributed by atoms with E-state index in [1.165, 1.54) is 32.4 Å². The molecule has 3 nitrogen and oxygen atoms in total. The highest BCUT2D eigenvalue weighted by atomic mass is 15.2. The van der Waals surface area contributed by atoms with E-state index in [9.17, 15) is 0 Å². The van der Waals surface area contributed by atoms with Gasteiger partial charge in [0.15, 0.2) is 0 Å². The second-order valence-corrected chi connectivity index (χ2v) is 6.25. The Morgan fingerprint density at radius 1 is 1.35 bits per heavy atom. The predicted octanol–water partition coefficient (Wildman–Crippen LogP) is 2.65. The van der Waals surface area contributed by atoms with Gasteiger partial charge in [-0.25, -0.2) is 0 Å². The Balaban J connectivity index is 2.23. The van der Waals surface area contributed by atoms with Crippen molar-refractivity contribution in [1.29, 1.82) is 0 Å². The normalized spacial score (nSPS) is 24.0. The maximum Gasteiger partial charge on any atom is 0.0991 e. The predicted molar refractivity (Wildman–Crippen MR) is 75.4 cm³/mol. The number of amidine groups is 1. The van der Waals surface area contributed by atoms with Crippen molar-refractivity contribution in [3.8, 4) is 0 Å². The van der Waals surface area contributed by atoms with Crippen molar-refractivity contribution in [2.24, 2.45) is 16.1 Å². The summed E-state index contributed by atoms with van der Waals surface area (Å²) < 4.78 is 0. The van der Waals surface area contributed by atoms with Crippen LogP contribution in [0.3, 0.4) is 0 Å². The molecule has 1 aliphatic heterocycles. The van der Waals surface area contributed by atoms with Gasteiger partial charge in [0, 0.05) is 24.5 Å². The van der Waals surface area contributed by atoms with Gasteiger partial charge < -0.3 is 10.6 Å². The fourth-order valence-corrected chi connectivity index (χ4v) is 2.20. The second kappa shape index (κ2) is 6.39. The third-order valence-corrected chi connectivity index (χ3v) is 3.59. The first-order valence-corrected chi connectivity index (χ1v) is 6.95. The van der Waals surface area contributed by atoms with Crippen LogP contribution in [0.4, 0.5) is 0 Å². The lowest BCUT2D eigenvalue weighted by atomic mass is 9.95. The highest BCUT2D eigenvalue weighted by Gasteiger charge is 2.17. The van der Waals surface area contributed by atoms with E-state index in [1.807, 2.05) is 0 Å². The van der Waals surface area contributed by atoms with Crippen LogP contribution < -0.4 is 5.73 Å². The molecule has 1 heterocycles.